The molecule has 1 atom stereocenters. The SMILES string of the molecule is CCCCNc1ccc2c(c1)-c1nc3cc(C(=O)NCCCCCC(=O)OC)ccc3n1C(CCCN=C(N)N)C(=O)N2. The summed E-state index contributed by atoms with van der Waals surface area (Å²) >= 11 is 0. The predicted octanol–water partition coefficient (Wildman–Crippen LogP) is 3.93. The van der Waals surface area contributed by atoms with Crippen molar-refractivity contribution in [2.45, 2.75) is 64.3 Å². The Kier molecular flexibility index (Phi) is 11.0. The zero-order valence-electron chi connectivity index (χ0n) is 24.9. The number of benzene rings is 2. The molecule has 1 aromatic heterocycles. The third-order valence-corrected chi connectivity index (χ3v) is 7.44. The maximum Gasteiger partial charge on any atom is 0.305 e. The molecule has 0 spiro atoms. The van der Waals surface area contributed by atoms with E-state index in [4.69, 9.17) is 16.5 Å². The quantitative estimate of drug-likeness (QED) is 0.0764. The van der Waals surface area contributed by atoms with Crippen LogP contribution in [0.5, 0.6) is 0 Å². The largest absolute Gasteiger partial charge is 0.469 e. The molecule has 12 heteroatoms. The van der Waals surface area contributed by atoms with Crippen LogP contribution in [0.2, 0.25) is 0 Å². The summed E-state index contributed by atoms with van der Waals surface area (Å²) in [6.07, 6.45) is 5.87. The van der Waals surface area contributed by atoms with E-state index in [0.717, 1.165) is 49.0 Å². The molecule has 12 nitrogen and oxygen atoms in total. The average Bonchev–Trinajstić information content (AvgIpc) is 3.32. The number of carbonyl (C=O) groups is 3. The molecule has 4 rings (SSSR count). The van der Waals surface area contributed by atoms with Crippen LogP contribution in [0, 0.1) is 0 Å². The van der Waals surface area contributed by atoms with Gasteiger partial charge in [-0.25, -0.2) is 4.98 Å². The maximum atomic E-state index is 13.6. The van der Waals surface area contributed by atoms with E-state index >= 15 is 0 Å². The Morgan fingerprint density at radius 2 is 1.91 bits per heavy atom. The second-order valence-electron chi connectivity index (χ2n) is 10.6. The van der Waals surface area contributed by atoms with Crippen molar-refractivity contribution in [3.05, 3.63) is 42.0 Å². The number of carbonyl (C=O) groups excluding carboxylic acids is 3. The Bertz CT molecular complexity index is 1480. The lowest BCUT2D eigenvalue weighted by molar-refractivity contribution is -0.140. The number of rotatable bonds is 15. The monoisotopic (exact) mass is 590 g/mol. The molecule has 3 aromatic rings. The van der Waals surface area contributed by atoms with E-state index < -0.39 is 6.04 Å². The van der Waals surface area contributed by atoms with Gasteiger partial charge in [0.2, 0.25) is 5.91 Å². The summed E-state index contributed by atoms with van der Waals surface area (Å²) in [5.74, 6) is 0.0899. The Labute approximate surface area is 251 Å². The number of nitrogens with one attached hydrogen (secondary N) is 3. The Balaban J connectivity index is 1.61. The lowest BCUT2D eigenvalue weighted by atomic mass is 10.1. The Hall–Kier alpha value is -4.61. The molecule has 0 fully saturated rings. The van der Waals surface area contributed by atoms with Crippen molar-refractivity contribution in [1.29, 1.82) is 0 Å². The van der Waals surface area contributed by atoms with Gasteiger partial charge in [0, 0.05) is 42.9 Å². The number of hydrogen-bond acceptors (Lipinski definition) is 7. The summed E-state index contributed by atoms with van der Waals surface area (Å²) in [5, 5.41) is 9.49. The third kappa shape index (κ3) is 8.02. The summed E-state index contributed by atoms with van der Waals surface area (Å²) < 4.78 is 6.62. The lowest BCUT2D eigenvalue weighted by Gasteiger charge is -2.18. The van der Waals surface area contributed by atoms with Crippen LogP contribution in [0.4, 0.5) is 11.4 Å². The third-order valence-electron chi connectivity index (χ3n) is 7.44. The smallest absolute Gasteiger partial charge is 0.305 e. The van der Waals surface area contributed by atoms with E-state index in [1.165, 1.54) is 7.11 Å². The number of hydrogen-bond donors (Lipinski definition) is 5. The first-order chi connectivity index (χ1) is 20.8. The molecule has 7 N–H and O–H groups in total. The number of amides is 2. The van der Waals surface area contributed by atoms with Gasteiger partial charge in [-0.15, -0.1) is 0 Å². The first kappa shape index (κ1) is 31.3. The highest BCUT2D eigenvalue weighted by molar-refractivity contribution is 6.03. The normalized spacial score (nSPS) is 13.8. The molecule has 230 valence electrons. The van der Waals surface area contributed by atoms with Crippen LogP contribution in [0.1, 0.15) is 74.7 Å². The van der Waals surface area contributed by atoms with Gasteiger partial charge in [0.1, 0.15) is 11.9 Å². The molecule has 0 aliphatic carbocycles. The number of imidazole rings is 1. The maximum absolute atomic E-state index is 13.6. The number of fused-ring (bicyclic) bond motifs is 5. The number of aliphatic imine (C=N–C) groups is 1. The van der Waals surface area contributed by atoms with E-state index in [-0.39, 0.29) is 23.7 Å². The molecule has 0 saturated carbocycles. The van der Waals surface area contributed by atoms with Crippen LogP contribution >= 0.6 is 0 Å². The molecule has 2 amide bonds. The van der Waals surface area contributed by atoms with Crippen LogP contribution in [0.25, 0.3) is 22.4 Å². The van der Waals surface area contributed by atoms with Gasteiger partial charge in [0.15, 0.2) is 5.96 Å². The minimum atomic E-state index is -0.553. The summed E-state index contributed by atoms with van der Waals surface area (Å²) in [6, 6.07) is 10.7. The molecule has 0 saturated heterocycles. The van der Waals surface area contributed by atoms with Gasteiger partial charge < -0.3 is 36.7 Å². The molecule has 1 aliphatic rings. The summed E-state index contributed by atoms with van der Waals surface area (Å²) in [4.78, 5) is 46.9. The molecular weight excluding hydrogens is 548 g/mol. The Morgan fingerprint density at radius 3 is 2.67 bits per heavy atom. The number of nitrogens with zero attached hydrogens (tertiary/aromatic N) is 3. The second-order valence-corrected chi connectivity index (χ2v) is 10.6. The van der Waals surface area contributed by atoms with Crippen molar-refractivity contribution in [2.75, 3.05) is 37.4 Å². The zero-order chi connectivity index (χ0) is 30.8. The van der Waals surface area contributed by atoms with Crippen LogP contribution in [0.3, 0.4) is 0 Å². The van der Waals surface area contributed by atoms with Gasteiger partial charge in [-0.05, 0) is 68.5 Å². The van der Waals surface area contributed by atoms with Crippen molar-refractivity contribution >= 4 is 46.2 Å². The molecule has 0 bridgehead atoms. The van der Waals surface area contributed by atoms with Crippen LogP contribution in [-0.2, 0) is 14.3 Å². The number of esters is 1. The van der Waals surface area contributed by atoms with Crippen molar-refractivity contribution < 1.29 is 19.1 Å². The molecule has 2 aromatic carbocycles. The van der Waals surface area contributed by atoms with E-state index in [9.17, 15) is 14.4 Å². The van der Waals surface area contributed by atoms with Gasteiger partial charge in [0.05, 0.1) is 23.8 Å². The van der Waals surface area contributed by atoms with Gasteiger partial charge in [-0.2, -0.15) is 0 Å². The summed E-state index contributed by atoms with van der Waals surface area (Å²) in [5.41, 5.74) is 15.3. The van der Waals surface area contributed by atoms with Crippen LogP contribution < -0.4 is 27.4 Å². The van der Waals surface area contributed by atoms with Gasteiger partial charge >= 0.3 is 5.97 Å². The highest BCUT2D eigenvalue weighted by Crippen LogP contribution is 2.39. The molecule has 2 heterocycles. The molecule has 43 heavy (non-hydrogen) atoms. The molecule has 0 radical (unpaired) electrons. The van der Waals surface area contributed by atoms with E-state index in [2.05, 4.69) is 32.6 Å². The first-order valence-electron chi connectivity index (χ1n) is 14.9. The average molecular weight is 591 g/mol. The van der Waals surface area contributed by atoms with Crippen LogP contribution in [0.15, 0.2) is 41.4 Å². The lowest BCUT2D eigenvalue weighted by Crippen LogP contribution is -2.26. The standard InChI is InChI=1S/C31H42N8O4/c1-3-4-15-34-21-12-13-23-22(19-21)28-37-24-18-20(29(41)35-16-7-5-6-10-27(40)43-2)11-14-25(24)39(28)26(30(42)38-23)9-8-17-36-31(32)33/h11-14,18-19,26,34H,3-10,15-17H2,1-2H3,(H,35,41)(H,38,42)(H4,32,33,36). The predicted molar refractivity (Wildman–Crippen MR) is 169 cm³/mol. The van der Waals surface area contributed by atoms with Gasteiger partial charge in [-0.3, -0.25) is 19.4 Å². The molecule has 1 aliphatic heterocycles. The second kappa shape index (κ2) is 15.0. The highest BCUT2D eigenvalue weighted by Gasteiger charge is 2.31. The van der Waals surface area contributed by atoms with Crippen molar-refractivity contribution in [3.8, 4) is 11.4 Å². The van der Waals surface area contributed by atoms with Crippen molar-refractivity contribution in [3.63, 3.8) is 0 Å². The van der Waals surface area contributed by atoms with E-state index in [1.807, 2.05) is 28.8 Å². The number of guanidine groups is 1. The van der Waals surface area contributed by atoms with Gasteiger partial charge in [-0.1, -0.05) is 19.8 Å². The molecular formula is C31H42N8O4. The van der Waals surface area contributed by atoms with Crippen molar-refractivity contribution in [2.24, 2.45) is 16.5 Å². The summed E-state index contributed by atoms with van der Waals surface area (Å²) in [7, 11) is 1.38. The number of nitrogens with two attached hydrogens (primary N) is 2. The topological polar surface area (TPSA) is 179 Å². The Morgan fingerprint density at radius 1 is 1.07 bits per heavy atom. The zero-order valence-corrected chi connectivity index (χ0v) is 24.9. The van der Waals surface area contributed by atoms with Crippen molar-refractivity contribution in [1.82, 2.24) is 14.9 Å². The number of aromatic nitrogens is 2. The van der Waals surface area contributed by atoms with Gasteiger partial charge in [0.25, 0.3) is 5.91 Å². The van der Waals surface area contributed by atoms with E-state index in [1.54, 1.807) is 12.1 Å². The fraction of sp³-hybridized carbons (Fsp3) is 0.452. The minimum Gasteiger partial charge on any atom is -0.469 e. The van der Waals surface area contributed by atoms with E-state index in [0.29, 0.717) is 61.4 Å². The fourth-order valence-corrected chi connectivity index (χ4v) is 5.17. The number of methoxy groups -OCH3 is 1. The summed E-state index contributed by atoms with van der Waals surface area (Å²) in [6.45, 7) is 3.89. The first-order valence-corrected chi connectivity index (χ1v) is 14.9. The highest BCUT2D eigenvalue weighted by atomic mass is 16.5. The molecule has 1 unspecified atom stereocenters. The number of ether oxygens (including phenoxy) is 1. The minimum absolute atomic E-state index is 0.0154. The number of unbranched alkanes of at least 4 members (excludes halogenated alkanes) is 3. The fourth-order valence-electron chi connectivity index (χ4n) is 5.17. The number of anilines is 2. The van der Waals surface area contributed by atoms with Crippen LogP contribution in [-0.4, -0.2) is 60.0 Å².